The van der Waals surface area contributed by atoms with Crippen molar-refractivity contribution in [3.63, 3.8) is 0 Å². The molecule has 1 aliphatic carbocycles. The van der Waals surface area contributed by atoms with Gasteiger partial charge in [-0.2, -0.15) is 5.10 Å². The Morgan fingerprint density at radius 1 is 1.50 bits per heavy atom. The largest absolute Gasteiger partial charge is 0.393 e. The van der Waals surface area contributed by atoms with Crippen molar-refractivity contribution in [1.82, 2.24) is 10.3 Å². The fourth-order valence-corrected chi connectivity index (χ4v) is 2.41. The molecular weight excluding hydrogens is 234 g/mol. The fraction of sp³-hybridized carbons (Fsp3) is 0.750. The fourth-order valence-electron chi connectivity index (χ4n) is 2.41. The van der Waals surface area contributed by atoms with E-state index in [9.17, 15) is 14.7 Å². The molecule has 2 amide bonds. The SMILES string of the molecule is CN1N=C(C(=O)NCC2CCC(O)C2)CCC1=O. The number of amides is 2. The van der Waals surface area contributed by atoms with E-state index in [-0.39, 0.29) is 17.9 Å². The lowest BCUT2D eigenvalue weighted by Crippen LogP contribution is -2.39. The predicted molar refractivity (Wildman–Crippen MR) is 65.8 cm³/mol. The molecule has 2 atom stereocenters. The standard InChI is InChI=1S/C12H19N3O3/c1-15-11(17)5-4-10(14-15)12(18)13-7-8-2-3-9(16)6-8/h8-9,16H,2-7H2,1H3,(H,13,18). The van der Waals surface area contributed by atoms with Crippen molar-refractivity contribution in [1.29, 1.82) is 0 Å². The quantitative estimate of drug-likeness (QED) is 0.735. The molecular formula is C12H19N3O3. The number of nitrogens with one attached hydrogen (secondary N) is 1. The molecule has 0 aromatic rings. The van der Waals surface area contributed by atoms with Crippen LogP contribution in [-0.4, -0.2) is 47.3 Å². The third kappa shape index (κ3) is 3.07. The molecule has 0 bridgehead atoms. The van der Waals surface area contributed by atoms with E-state index in [1.165, 1.54) is 5.01 Å². The highest BCUT2D eigenvalue weighted by Gasteiger charge is 2.25. The topological polar surface area (TPSA) is 82.0 Å². The molecule has 0 radical (unpaired) electrons. The Labute approximate surface area is 106 Å². The van der Waals surface area contributed by atoms with Crippen LogP contribution in [0.3, 0.4) is 0 Å². The molecule has 1 heterocycles. The Balaban J connectivity index is 1.81. The first-order valence-corrected chi connectivity index (χ1v) is 6.36. The molecule has 2 rings (SSSR count). The van der Waals surface area contributed by atoms with Crippen molar-refractivity contribution in [2.75, 3.05) is 13.6 Å². The summed E-state index contributed by atoms with van der Waals surface area (Å²) in [5.41, 5.74) is 0.413. The normalized spacial score (nSPS) is 28.2. The second-order valence-corrected chi connectivity index (χ2v) is 5.01. The lowest BCUT2D eigenvalue weighted by atomic mass is 10.1. The average Bonchev–Trinajstić information content (AvgIpc) is 2.75. The lowest BCUT2D eigenvalue weighted by molar-refractivity contribution is -0.130. The summed E-state index contributed by atoms with van der Waals surface area (Å²) in [7, 11) is 1.56. The Bertz CT molecular complexity index is 381. The van der Waals surface area contributed by atoms with Crippen LogP contribution < -0.4 is 5.32 Å². The number of carbonyl (C=O) groups excluding carboxylic acids is 2. The third-order valence-electron chi connectivity index (χ3n) is 3.53. The van der Waals surface area contributed by atoms with Crippen molar-refractivity contribution in [3.05, 3.63) is 0 Å². The molecule has 18 heavy (non-hydrogen) atoms. The molecule has 1 fully saturated rings. The van der Waals surface area contributed by atoms with Crippen LogP contribution in [0.15, 0.2) is 5.10 Å². The molecule has 0 aromatic carbocycles. The van der Waals surface area contributed by atoms with Crippen LogP contribution in [0.1, 0.15) is 32.1 Å². The van der Waals surface area contributed by atoms with Crippen molar-refractivity contribution >= 4 is 17.5 Å². The minimum atomic E-state index is -0.220. The summed E-state index contributed by atoms with van der Waals surface area (Å²) < 4.78 is 0. The first kappa shape index (κ1) is 13.0. The molecule has 0 saturated heterocycles. The predicted octanol–water partition coefficient (Wildman–Crippen LogP) is -0.128. The smallest absolute Gasteiger partial charge is 0.267 e. The highest BCUT2D eigenvalue weighted by molar-refractivity contribution is 6.39. The van der Waals surface area contributed by atoms with Crippen molar-refractivity contribution < 1.29 is 14.7 Å². The zero-order chi connectivity index (χ0) is 13.1. The molecule has 2 N–H and O–H groups in total. The van der Waals surface area contributed by atoms with E-state index in [1.807, 2.05) is 0 Å². The first-order chi connectivity index (χ1) is 8.56. The van der Waals surface area contributed by atoms with Gasteiger partial charge in [-0.15, -0.1) is 0 Å². The minimum Gasteiger partial charge on any atom is -0.393 e. The second kappa shape index (κ2) is 5.48. The van der Waals surface area contributed by atoms with E-state index in [4.69, 9.17) is 0 Å². The average molecular weight is 253 g/mol. The van der Waals surface area contributed by atoms with E-state index < -0.39 is 0 Å². The van der Waals surface area contributed by atoms with Gasteiger partial charge in [-0.25, -0.2) is 5.01 Å². The summed E-state index contributed by atoms with van der Waals surface area (Å²) in [6.07, 6.45) is 3.05. The number of aliphatic hydroxyl groups excluding tert-OH is 1. The first-order valence-electron chi connectivity index (χ1n) is 6.36. The second-order valence-electron chi connectivity index (χ2n) is 5.01. The van der Waals surface area contributed by atoms with Crippen LogP contribution in [0.2, 0.25) is 0 Å². The van der Waals surface area contributed by atoms with E-state index in [2.05, 4.69) is 10.4 Å². The monoisotopic (exact) mass is 253 g/mol. The number of hydrogen-bond acceptors (Lipinski definition) is 4. The summed E-state index contributed by atoms with van der Waals surface area (Å²) in [6.45, 7) is 0.576. The summed E-state index contributed by atoms with van der Waals surface area (Å²) >= 11 is 0. The summed E-state index contributed by atoms with van der Waals surface area (Å²) in [6, 6.07) is 0. The molecule has 2 unspecified atom stereocenters. The van der Waals surface area contributed by atoms with E-state index in [1.54, 1.807) is 7.05 Å². The van der Waals surface area contributed by atoms with Crippen LogP contribution in [0.4, 0.5) is 0 Å². The number of hydrogen-bond donors (Lipinski definition) is 2. The number of rotatable bonds is 3. The maximum Gasteiger partial charge on any atom is 0.267 e. The summed E-state index contributed by atoms with van der Waals surface area (Å²) in [5.74, 6) is 0.0914. The Hall–Kier alpha value is -1.43. The number of carbonyl (C=O) groups is 2. The van der Waals surface area contributed by atoms with Gasteiger partial charge in [0.05, 0.1) is 6.10 Å². The van der Waals surface area contributed by atoms with Gasteiger partial charge in [-0.3, -0.25) is 9.59 Å². The maximum absolute atomic E-state index is 11.8. The van der Waals surface area contributed by atoms with E-state index in [0.717, 1.165) is 19.3 Å². The van der Waals surface area contributed by atoms with Gasteiger partial charge in [0, 0.05) is 26.4 Å². The molecule has 6 nitrogen and oxygen atoms in total. The molecule has 100 valence electrons. The molecule has 0 spiro atoms. The van der Waals surface area contributed by atoms with Crippen molar-refractivity contribution in [2.45, 2.75) is 38.2 Å². The van der Waals surface area contributed by atoms with Gasteiger partial charge in [0.25, 0.3) is 5.91 Å². The zero-order valence-electron chi connectivity index (χ0n) is 10.6. The Morgan fingerprint density at radius 2 is 2.28 bits per heavy atom. The third-order valence-corrected chi connectivity index (χ3v) is 3.53. The minimum absolute atomic E-state index is 0.0644. The zero-order valence-corrected chi connectivity index (χ0v) is 10.6. The van der Waals surface area contributed by atoms with E-state index in [0.29, 0.717) is 31.0 Å². The number of aliphatic hydroxyl groups is 1. The van der Waals surface area contributed by atoms with Gasteiger partial charge >= 0.3 is 0 Å². The van der Waals surface area contributed by atoms with Gasteiger partial charge in [0.2, 0.25) is 5.91 Å². The number of hydrazone groups is 1. The van der Waals surface area contributed by atoms with Gasteiger partial charge in [0.1, 0.15) is 5.71 Å². The van der Waals surface area contributed by atoms with Crippen LogP contribution in [0.25, 0.3) is 0 Å². The summed E-state index contributed by atoms with van der Waals surface area (Å²) in [5, 5.41) is 17.4. The van der Waals surface area contributed by atoms with Gasteiger partial charge in [-0.1, -0.05) is 0 Å². The van der Waals surface area contributed by atoms with Gasteiger partial charge < -0.3 is 10.4 Å². The maximum atomic E-state index is 11.8. The van der Waals surface area contributed by atoms with Crippen LogP contribution in [-0.2, 0) is 9.59 Å². The lowest BCUT2D eigenvalue weighted by Gasteiger charge is -2.19. The van der Waals surface area contributed by atoms with Crippen molar-refractivity contribution in [2.24, 2.45) is 11.0 Å². The van der Waals surface area contributed by atoms with Gasteiger partial charge in [-0.05, 0) is 25.2 Å². The van der Waals surface area contributed by atoms with Crippen LogP contribution in [0.5, 0.6) is 0 Å². The summed E-state index contributed by atoms with van der Waals surface area (Å²) in [4.78, 5) is 23.1. The highest BCUT2D eigenvalue weighted by atomic mass is 16.3. The molecule has 6 heteroatoms. The number of nitrogens with zero attached hydrogens (tertiary/aromatic N) is 2. The molecule has 1 aliphatic heterocycles. The van der Waals surface area contributed by atoms with Crippen LogP contribution in [0, 0.1) is 5.92 Å². The van der Waals surface area contributed by atoms with Crippen LogP contribution >= 0.6 is 0 Å². The highest BCUT2D eigenvalue weighted by Crippen LogP contribution is 2.24. The van der Waals surface area contributed by atoms with Gasteiger partial charge in [0.15, 0.2) is 0 Å². The van der Waals surface area contributed by atoms with E-state index >= 15 is 0 Å². The van der Waals surface area contributed by atoms with Crippen molar-refractivity contribution in [3.8, 4) is 0 Å². The molecule has 0 aromatic heterocycles. The molecule has 2 aliphatic rings. The Morgan fingerprint density at radius 3 is 2.89 bits per heavy atom. The molecule has 1 saturated carbocycles. The Kier molecular flexibility index (Phi) is 3.96.